The second kappa shape index (κ2) is 3.56. The van der Waals surface area contributed by atoms with Crippen LogP contribution in [0.25, 0.3) is 0 Å². The fourth-order valence-corrected chi connectivity index (χ4v) is 2.44. The number of carbonyl (C=O) groups excluding carboxylic acids is 1. The Labute approximate surface area is 92.9 Å². The van der Waals surface area contributed by atoms with E-state index in [-0.39, 0.29) is 18.9 Å². The van der Waals surface area contributed by atoms with Crippen molar-refractivity contribution in [3.05, 3.63) is 12.4 Å². The van der Waals surface area contributed by atoms with Gasteiger partial charge in [0.1, 0.15) is 5.25 Å². The summed E-state index contributed by atoms with van der Waals surface area (Å²) in [6.07, 6.45) is 3.16. The van der Waals surface area contributed by atoms with Crippen molar-refractivity contribution in [3.8, 4) is 0 Å². The van der Waals surface area contributed by atoms with Crippen LogP contribution in [-0.2, 0) is 21.9 Å². The van der Waals surface area contributed by atoms with E-state index < -0.39 is 15.3 Å². The Morgan fingerprint density at radius 3 is 2.69 bits per heavy atom. The van der Waals surface area contributed by atoms with E-state index in [1.54, 1.807) is 24.0 Å². The maximum atomic E-state index is 11.6. The number of carbonyl (C=O) groups is 1. The third kappa shape index (κ3) is 1.81. The van der Waals surface area contributed by atoms with Crippen LogP contribution in [0.2, 0.25) is 0 Å². The summed E-state index contributed by atoms with van der Waals surface area (Å²) in [7, 11) is -1.94. The van der Waals surface area contributed by atoms with Gasteiger partial charge in [0, 0.05) is 32.4 Å². The minimum atomic E-state index is -3.67. The summed E-state index contributed by atoms with van der Waals surface area (Å²) in [4.78, 5) is 17.0. The van der Waals surface area contributed by atoms with Crippen molar-refractivity contribution in [2.24, 2.45) is 12.2 Å². The minimum Gasteiger partial charge on any atom is -0.320 e. The molecule has 7 nitrogen and oxygen atoms in total. The van der Waals surface area contributed by atoms with Gasteiger partial charge in [-0.25, -0.2) is 18.5 Å². The van der Waals surface area contributed by atoms with Crippen molar-refractivity contribution in [2.75, 3.05) is 11.4 Å². The van der Waals surface area contributed by atoms with Gasteiger partial charge in [0.25, 0.3) is 0 Å². The van der Waals surface area contributed by atoms with E-state index in [1.165, 1.54) is 4.90 Å². The number of amides is 1. The van der Waals surface area contributed by atoms with Crippen molar-refractivity contribution in [3.63, 3.8) is 0 Å². The zero-order valence-electron chi connectivity index (χ0n) is 8.70. The van der Waals surface area contributed by atoms with Crippen LogP contribution in [0.1, 0.15) is 6.42 Å². The van der Waals surface area contributed by atoms with Crippen molar-refractivity contribution in [2.45, 2.75) is 11.7 Å². The highest BCUT2D eigenvalue weighted by atomic mass is 32.2. The maximum absolute atomic E-state index is 11.6. The van der Waals surface area contributed by atoms with Gasteiger partial charge in [-0.15, -0.1) is 0 Å². The molecule has 2 rings (SSSR count). The highest BCUT2D eigenvalue weighted by molar-refractivity contribution is 7.89. The lowest BCUT2D eigenvalue weighted by molar-refractivity contribution is -0.117. The number of anilines is 1. The molecule has 1 aliphatic heterocycles. The zero-order chi connectivity index (χ0) is 11.9. The van der Waals surface area contributed by atoms with Gasteiger partial charge in [-0.2, -0.15) is 0 Å². The summed E-state index contributed by atoms with van der Waals surface area (Å²) in [6.45, 7) is 0.0719. The van der Waals surface area contributed by atoms with E-state index in [1.807, 2.05) is 0 Å². The fourth-order valence-electron chi connectivity index (χ4n) is 1.71. The average Bonchev–Trinajstić information content (AvgIpc) is 2.70. The number of aromatic nitrogens is 2. The largest absolute Gasteiger partial charge is 0.320 e. The standard InChI is InChI=1S/C8H12N4O3S/c1-11-3-2-10-8(11)12-5-6(4-7(12)13)16(9,14)15/h2-3,6H,4-5H2,1H3,(H2,9,14,15). The lowest BCUT2D eigenvalue weighted by atomic mass is 10.4. The molecule has 1 aromatic rings. The topological polar surface area (TPSA) is 98.3 Å². The van der Waals surface area contributed by atoms with Gasteiger partial charge in [-0.1, -0.05) is 0 Å². The van der Waals surface area contributed by atoms with Crippen LogP contribution in [0.15, 0.2) is 12.4 Å². The Balaban J connectivity index is 2.28. The number of rotatable bonds is 2. The number of hydrogen-bond acceptors (Lipinski definition) is 4. The molecule has 1 aromatic heterocycles. The summed E-state index contributed by atoms with van der Waals surface area (Å²) in [5.41, 5.74) is 0. The molecule has 1 fully saturated rings. The van der Waals surface area contributed by atoms with E-state index in [0.29, 0.717) is 5.95 Å². The van der Waals surface area contributed by atoms with Crippen LogP contribution in [0.5, 0.6) is 0 Å². The SMILES string of the molecule is Cn1ccnc1N1CC(S(N)(=O)=O)CC1=O. The van der Waals surface area contributed by atoms with E-state index in [0.717, 1.165) is 0 Å². The summed E-state index contributed by atoms with van der Waals surface area (Å²) in [5, 5.41) is 4.19. The molecule has 1 aliphatic rings. The molecule has 0 spiro atoms. The molecule has 8 heteroatoms. The van der Waals surface area contributed by atoms with Crippen molar-refractivity contribution < 1.29 is 13.2 Å². The average molecular weight is 244 g/mol. The van der Waals surface area contributed by atoms with Gasteiger partial charge in [0.05, 0.1) is 0 Å². The monoisotopic (exact) mass is 244 g/mol. The minimum absolute atomic E-state index is 0.0719. The van der Waals surface area contributed by atoms with Gasteiger partial charge in [0.15, 0.2) is 0 Å². The Morgan fingerprint density at radius 2 is 2.25 bits per heavy atom. The molecule has 0 aromatic carbocycles. The van der Waals surface area contributed by atoms with Gasteiger partial charge in [0.2, 0.25) is 21.9 Å². The lowest BCUT2D eigenvalue weighted by Crippen LogP contribution is -2.33. The molecule has 1 unspecified atom stereocenters. The summed E-state index contributed by atoms with van der Waals surface area (Å²) >= 11 is 0. The summed E-state index contributed by atoms with van der Waals surface area (Å²) in [6, 6.07) is 0. The van der Waals surface area contributed by atoms with Crippen LogP contribution in [0.3, 0.4) is 0 Å². The molecule has 1 atom stereocenters. The number of imidazole rings is 1. The molecule has 16 heavy (non-hydrogen) atoms. The highest BCUT2D eigenvalue weighted by Gasteiger charge is 2.38. The fraction of sp³-hybridized carbons (Fsp3) is 0.500. The molecule has 0 aliphatic carbocycles. The van der Waals surface area contributed by atoms with Crippen molar-refractivity contribution >= 4 is 21.9 Å². The molecule has 2 N–H and O–H groups in total. The van der Waals surface area contributed by atoms with E-state index in [9.17, 15) is 13.2 Å². The van der Waals surface area contributed by atoms with Crippen LogP contribution in [-0.4, -0.2) is 35.7 Å². The number of primary sulfonamides is 1. The van der Waals surface area contributed by atoms with Crippen LogP contribution in [0, 0.1) is 0 Å². The lowest BCUT2D eigenvalue weighted by Gasteiger charge is -2.14. The third-order valence-electron chi connectivity index (χ3n) is 2.59. The summed E-state index contributed by atoms with van der Waals surface area (Å²) in [5.74, 6) is 0.171. The number of sulfonamides is 1. The van der Waals surface area contributed by atoms with Crippen molar-refractivity contribution in [1.29, 1.82) is 0 Å². The van der Waals surface area contributed by atoms with Crippen molar-refractivity contribution in [1.82, 2.24) is 9.55 Å². The number of aryl methyl sites for hydroxylation is 1. The van der Waals surface area contributed by atoms with E-state index >= 15 is 0 Å². The first-order valence-corrected chi connectivity index (χ1v) is 6.30. The smallest absolute Gasteiger partial charge is 0.230 e. The molecule has 0 bridgehead atoms. The number of nitrogens with zero attached hydrogens (tertiary/aromatic N) is 3. The predicted molar refractivity (Wildman–Crippen MR) is 57.1 cm³/mol. The summed E-state index contributed by atoms with van der Waals surface area (Å²) < 4.78 is 24.0. The normalized spacial score (nSPS) is 21.8. The zero-order valence-corrected chi connectivity index (χ0v) is 9.51. The molecular formula is C8H12N4O3S. The van der Waals surface area contributed by atoms with E-state index in [4.69, 9.17) is 5.14 Å². The van der Waals surface area contributed by atoms with Gasteiger partial charge in [-0.3, -0.25) is 9.69 Å². The number of hydrogen-bond donors (Lipinski definition) is 1. The Morgan fingerprint density at radius 1 is 1.56 bits per heavy atom. The first-order chi connectivity index (χ1) is 7.39. The molecule has 1 saturated heterocycles. The Kier molecular flexibility index (Phi) is 2.47. The first-order valence-electron chi connectivity index (χ1n) is 4.69. The van der Waals surface area contributed by atoms with Gasteiger partial charge in [-0.05, 0) is 0 Å². The molecular weight excluding hydrogens is 232 g/mol. The van der Waals surface area contributed by atoms with Gasteiger partial charge < -0.3 is 4.57 Å². The second-order valence-corrected chi connectivity index (χ2v) is 5.60. The molecule has 0 radical (unpaired) electrons. The molecule has 2 heterocycles. The van der Waals surface area contributed by atoms with Crippen LogP contribution >= 0.6 is 0 Å². The van der Waals surface area contributed by atoms with Crippen LogP contribution in [0.4, 0.5) is 5.95 Å². The molecule has 1 amide bonds. The molecule has 0 saturated carbocycles. The Bertz CT molecular complexity index is 521. The molecule has 88 valence electrons. The third-order valence-corrected chi connectivity index (χ3v) is 3.84. The predicted octanol–water partition coefficient (Wildman–Crippen LogP) is -1.19. The van der Waals surface area contributed by atoms with E-state index in [2.05, 4.69) is 4.98 Å². The highest BCUT2D eigenvalue weighted by Crippen LogP contribution is 2.21. The second-order valence-electron chi connectivity index (χ2n) is 3.76. The maximum Gasteiger partial charge on any atom is 0.230 e. The first kappa shape index (κ1) is 11.1. The number of nitrogens with two attached hydrogens (primary N) is 1. The van der Waals surface area contributed by atoms with Gasteiger partial charge >= 0.3 is 0 Å². The Hall–Kier alpha value is -1.41. The quantitative estimate of drug-likeness (QED) is 0.707. The van der Waals surface area contributed by atoms with Crippen LogP contribution < -0.4 is 10.0 Å².